The zero-order valence-electron chi connectivity index (χ0n) is 8.58. The first kappa shape index (κ1) is 12.0. The second-order valence-corrected chi connectivity index (χ2v) is 5.43. The van der Waals surface area contributed by atoms with Crippen molar-refractivity contribution in [3.8, 4) is 0 Å². The van der Waals surface area contributed by atoms with Crippen LogP contribution in [-0.2, 0) is 4.74 Å². The van der Waals surface area contributed by atoms with Gasteiger partial charge in [0.15, 0.2) is 0 Å². The molecule has 1 N–H and O–H groups in total. The molecule has 2 nitrogen and oxygen atoms in total. The van der Waals surface area contributed by atoms with E-state index in [1.165, 1.54) is 11.3 Å². The van der Waals surface area contributed by atoms with Crippen LogP contribution in [-0.4, -0.2) is 17.3 Å². The summed E-state index contributed by atoms with van der Waals surface area (Å²) in [6, 6.07) is 1.78. The SMILES string of the molecule is CC(C)(C)OCC(O)c1sccc1Cl. The standard InChI is InChI=1S/C10H15ClO2S/c1-10(2,3)13-6-8(12)9-7(11)4-5-14-9/h4-5,8,12H,6H2,1-3H3. The van der Waals surface area contributed by atoms with Crippen LogP contribution in [0.4, 0.5) is 0 Å². The number of aliphatic hydroxyl groups is 1. The summed E-state index contributed by atoms with van der Waals surface area (Å²) in [5, 5.41) is 12.2. The van der Waals surface area contributed by atoms with Crippen molar-refractivity contribution >= 4 is 22.9 Å². The van der Waals surface area contributed by atoms with E-state index in [2.05, 4.69) is 0 Å². The van der Waals surface area contributed by atoms with Crippen molar-refractivity contribution in [3.05, 3.63) is 21.3 Å². The van der Waals surface area contributed by atoms with Gasteiger partial charge < -0.3 is 9.84 Å². The van der Waals surface area contributed by atoms with Crippen molar-refractivity contribution < 1.29 is 9.84 Å². The first-order chi connectivity index (χ1) is 6.40. The summed E-state index contributed by atoms with van der Waals surface area (Å²) in [5.41, 5.74) is -0.231. The van der Waals surface area contributed by atoms with E-state index in [1.807, 2.05) is 26.2 Å². The summed E-state index contributed by atoms with van der Waals surface area (Å²) in [5.74, 6) is 0. The molecule has 0 spiro atoms. The number of aliphatic hydroxyl groups excluding tert-OH is 1. The van der Waals surface area contributed by atoms with Gasteiger partial charge in [-0.3, -0.25) is 0 Å². The Morgan fingerprint density at radius 3 is 2.64 bits per heavy atom. The maximum absolute atomic E-state index is 9.75. The van der Waals surface area contributed by atoms with Crippen molar-refractivity contribution in [2.45, 2.75) is 32.5 Å². The van der Waals surface area contributed by atoms with E-state index in [0.717, 1.165) is 4.88 Å². The molecule has 1 unspecified atom stereocenters. The Morgan fingerprint density at radius 2 is 2.21 bits per heavy atom. The van der Waals surface area contributed by atoms with E-state index in [1.54, 1.807) is 6.07 Å². The summed E-state index contributed by atoms with van der Waals surface area (Å²) in [6.45, 7) is 6.14. The third-order valence-electron chi connectivity index (χ3n) is 1.62. The Morgan fingerprint density at radius 1 is 1.57 bits per heavy atom. The minimum Gasteiger partial charge on any atom is -0.385 e. The first-order valence-electron chi connectivity index (χ1n) is 4.45. The van der Waals surface area contributed by atoms with Crippen LogP contribution in [0.3, 0.4) is 0 Å². The van der Waals surface area contributed by atoms with Gasteiger partial charge >= 0.3 is 0 Å². The van der Waals surface area contributed by atoms with Gasteiger partial charge in [0.2, 0.25) is 0 Å². The molecular formula is C10H15ClO2S. The Labute approximate surface area is 93.5 Å². The number of ether oxygens (including phenoxy) is 1. The van der Waals surface area contributed by atoms with Gasteiger partial charge in [-0.25, -0.2) is 0 Å². The van der Waals surface area contributed by atoms with Crippen LogP contribution in [0.15, 0.2) is 11.4 Å². The quantitative estimate of drug-likeness (QED) is 0.870. The van der Waals surface area contributed by atoms with Crippen LogP contribution in [0.25, 0.3) is 0 Å². The smallest absolute Gasteiger partial charge is 0.113 e. The van der Waals surface area contributed by atoms with Crippen LogP contribution in [0, 0.1) is 0 Å². The van der Waals surface area contributed by atoms with Crippen molar-refractivity contribution in [1.29, 1.82) is 0 Å². The van der Waals surface area contributed by atoms with E-state index in [0.29, 0.717) is 5.02 Å². The highest BCUT2D eigenvalue weighted by Crippen LogP contribution is 2.29. The number of halogens is 1. The summed E-state index contributed by atoms with van der Waals surface area (Å²) in [4.78, 5) is 0.774. The van der Waals surface area contributed by atoms with Crippen molar-refractivity contribution in [1.82, 2.24) is 0 Å². The van der Waals surface area contributed by atoms with Gasteiger partial charge in [0.1, 0.15) is 6.10 Å². The lowest BCUT2D eigenvalue weighted by molar-refractivity contribution is -0.0487. The minimum absolute atomic E-state index is 0.231. The molecule has 0 amide bonds. The lowest BCUT2D eigenvalue weighted by atomic mass is 10.2. The van der Waals surface area contributed by atoms with E-state index >= 15 is 0 Å². The molecule has 0 aliphatic carbocycles. The fourth-order valence-corrected chi connectivity index (χ4v) is 2.10. The van der Waals surface area contributed by atoms with Gasteiger partial charge in [-0.05, 0) is 32.2 Å². The zero-order valence-corrected chi connectivity index (χ0v) is 10.2. The lowest BCUT2D eigenvalue weighted by Crippen LogP contribution is -2.22. The van der Waals surface area contributed by atoms with Crippen LogP contribution < -0.4 is 0 Å². The molecule has 1 atom stereocenters. The molecule has 4 heteroatoms. The van der Waals surface area contributed by atoms with Gasteiger partial charge in [-0.1, -0.05) is 11.6 Å². The number of hydrogen-bond acceptors (Lipinski definition) is 3. The highest BCUT2D eigenvalue weighted by Gasteiger charge is 2.17. The van der Waals surface area contributed by atoms with E-state index < -0.39 is 6.10 Å². The van der Waals surface area contributed by atoms with E-state index in [-0.39, 0.29) is 12.2 Å². The summed E-state index contributed by atoms with van der Waals surface area (Å²) >= 11 is 7.33. The van der Waals surface area contributed by atoms with Crippen molar-refractivity contribution in [2.75, 3.05) is 6.61 Å². The molecule has 0 aromatic carbocycles. The van der Waals surface area contributed by atoms with Gasteiger partial charge in [0.05, 0.1) is 22.1 Å². The second-order valence-electron chi connectivity index (χ2n) is 4.07. The molecule has 0 bridgehead atoms. The molecule has 0 aliphatic rings. The average molecular weight is 235 g/mol. The Bertz CT molecular complexity index is 291. The largest absolute Gasteiger partial charge is 0.385 e. The maximum atomic E-state index is 9.75. The third-order valence-corrected chi connectivity index (χ3v) is 3.08. The van der Waals surface area contributed by atoms with Crippen LogP contribution in [0.1, 0.15) is 31.8 Å². The van der Waals surface area contributed by atoms with Gasteiger partial charge in [-0.2, -0.15) is 0 Å². The molecule has 80 valence electrons. The molecule has 1 heterocycles. The molecular weight excluding hydrogens is 220 g/mol. The highest BCUT2D eigenvalue weighted by atomic mass is 35.5. The highest BCUT2D eigenvalue weighted by molar-refractivity contribution is 7.10. The van der Waals surface area contributed by atoms with Crippen LogP contribution in [0.5, 0.6) is 0 Å². The lowest BCUT2D eigenvalue weighted by Gasteiger charge is -2.21. The van der Waals surface area contributed by atoms with Crippen LogP contribution >= 0.6 is 22.9 Å². The average Bonchev–Trinajstić information content (AvgIpc) is 2.46. The number of rotatable bonds is 3. The first-order valence-corrected chi connectivity index (χ1v) is 5.71. The van der Waals surface area contributed by atoms with Gasteiger partial charge in [-0.15, -0.1) is 11.3 Å². The fourth-order valence-electron chi connectivity index (χ4n) is 0.948. The van der Waals surface area contributed by atoms with E-state index in [4.69, 9.17) is 16.3 Å². The van der Waals surface area contributed by atoms with Gasteiger partial charge in [0.25, 0.3) is 0 Å². The monoisotopic (exact) mass is 234 g/mol. The minimum atomic E-state index is -0.623. The Balaban J connectivity index is 2.51. The second kappa shape index (κ2) is 4.62. The molecule has 14 heavy (non-hydrogen) atoms. The molecule has 0 radical (unpaired) electrons. The summed E-state index contributed by atoms with van der Waals surface area (Å²) in [7, 11) is 0. The molecule has 1 aromatic heterocycles. The van der Waals surface area contributed by atoms with E-state index in [9.17, 15) is 5.11 Å². The zero-order chi connectivity index (χ0) is 10.8. The summed E-state index contributed by atoms with van der Waals surface area (Å²) < 4.78 is 5.47. The topological polar surface area (TPSA) is 29.5 Å². The Kier molecular flexibility index (Phi) is 3.95. The fraction of sp³-hybridized carbons (Fsp3) is 0.600. The van der Waals surface area contributed by atoms with Crippen molar-refractivity contribution in [3.63, 3.8) is 0 Å². The number of hydrogen-bond donors (Lipinski definition) is 1. The predicted molar refractivity (Wildman–Crippen MR) is 60.0 cm³/mol. The number of thiophene rings is 1. The van der Waals surface area contributed by atoms with Gasteiger partial charge in [0, 0.05) is 0 Å². The molecule has 1 rings (SSSR count). The molecule has 0 aliphatic heterocycles. The summed E-state index contributed by atoms with van der Waals surface area (Å²) in [6.07, 6.45) is -0.623. The maximum Gasteiger partial charge on any atom is 0.113 e. The Hall–Kier alpha value is -0.0900. The third kappa shape index (κ3) is 3.58. The molecule has 1 aromatic rings. The molecule has 0 saturated carbocycles. The van der Waals surface area contributed by atoms with Crippen molar-refractivity contribution in [2.24, 2.45) is 0 Å². The molecule has 0 fully saturated rings. The van der Waals surface area contributed by atoms with Crippen LogP contribution in [0.2, 0.25) is 5.02 Å². The molecule has 0 saturated heterocycles. The normalized spacial score (nSPS) is 14.4. The predicted octanol–water partition coefficient (Wildman–Crippen LogP) is 3.25.